The number of rotatable bonds is 7. The van der Waals surface area contributed by atoms with Gasteiger partial charge in [-0.25, -0.2) is 37.4 Å². The predicted octanol–water partition coefficient (Wildman–Crippen LogP) is 4.45. The van der Waals surface area contributed by atoms with E-state index in [-0.39, 0.29) is 10.7 Å². The zero-order chi connectivity index (χ0) is 29.4. The Morgan fingerprint density at radius 3 is 2.60 bits per heavy atom. The maximum atomic E-state index is 13.4. The van der Waals surface area contributed by atoms with Crippen LogP contribution in [0.4, 0.5) is 21.6 Å². The van der Waals surface area contributed by atoms with Crippen LogP contribution in [0.2, 0.25) is 0 Å². The molecule has 2 aromatic carbocycles. The molecule has 0 radical (unpaired) electrons. The van der Waals surface area contributed by atoms with Crippen LogP contribution in [0.25, 0.3) is 28.1 Å². The van der Waals surface area contributed by atoms with Crippen molar-refractivity contribution in [1.82, 2.24) is 34.7 Å². The average molecular weight is 584 g/mol. The SMILES string of the molecule is Cc1ccc(NC(=O)c2cc(S(C)(=O)=O)n(-c3ccc(F)cc3)n2)cc1Nc1ncccc1-c1ncnc2nc[nH]c12. The number of sulfone groups is 1. The lowest BCUT2D eigenvalue weighted by atomic mass is 10.1. The molecular formula is C28H22FN9O3S. The molecule has 6 aromatic rings. The number of nitrogens with zero attached hydrogens (tertiary/aromatic N) is 6. The van der Waals surface area contributed by atoms with Crippen molar-refractivity contribution in [2.24, 2.45) is 0 Å². The van der Waals surface area contributed by atoms with Gasteiger partial charge >= 0.3 is 0 Å². The predicted molar refractivity (Wildman–Crippen MR) is 154 cm³/mol. The number of imidazole rings is 1. The summed E-state index contributed by atoms with van der Waals surface area (Å²) in [5, 5.41) is 10.1. The maximum absolute atomic E-state index is 13.4. The fourth-order valence-corrected chi connectivity index (χ4v) is 5.11. The smallest absolute Gasteiger partial charge is 0.276 e. The standard InChI is InChI=1S/C28H22FN9O3S/c1-16-5-8-18(35-28(39)22-13-23(42(2,40)41)38(37-22)19-9-6-17(29)7-10-19)12-21(16)36-26-20(4-3-11-30-26)24-25-27(33-14-31-24)34-15-32-25/h3-15H,1-2H3,(H,30,36)(H,35,39)(H,31,32,33,34). The van der Waals surface area contributed by atoms with Gasteiger partial charge in [-0.15, -0.1) is 0 Å². The first-order valence-corrected chi connectivity index (χ1v) is 14.4. The molecule has 0 saturated carbocycles. The van der Waals surface area contributed by atoms with E-state index in [1.807, 2.05) is 19.1 Å². The lowest BCUT2D eigenvalue weighted by Gasteiger charge is -2.14. The number of aromatic nitrogens is 7. The van der Waals surface area contributed by atoms with E-state index in [2.05, 4.69) is 40.7 Å². The molecule has 0 saturated heterocycles. The highest BCUT2D eigenvalue weighted by atomic mass is 32.2. The third-order valence-electron chi connectivity index (χ3n) is 6.39. The van der Waals surface area contributed by atoms with Crippen molar-refractivity contribution in [2.45, 2.75) is 11.9 Å². The molecule has 0 aliphatic heterocycles. The third-order valence-corrected chi connectivity index (χ3v) is 7.45. The van der Waals surface area contributed by atoms with E-state index in [1.54, 1.807) is 30.7 Å². The van der Waals surface area contributed by atoms with E-state index < -0.39 is 21.6 Å². The molecule has 0 atom stereocenters. The summed E-state index contributed by atoms with van der Waals surface area (Å²) in [5.74, 6) is -0.593. The Bertz CT molecular complexity index is 2070. The van der Waals surface area contributed by atoms with E-state index >= 15 is 0 Å². The van der Waals surface area contributed by atoms with Crippen LogP contribution in [-0.4, -0.2) is 55.3 Å². The number of amides is 1. The first-order valence-electron chi connectivity index (χ1n) is 12.5. The lowest BCUT2D eigenvalue weighted by molar-refractivity contribution is 0.102. The first-order chi connectivity index (χ1) is 20.2. The third kappa shape index (κ3) is 5.17. The summed E-state index contributed by atoms with van der Waals surface area (Å²) in [6.07, 6.45) is 5.64. The number of hydrogen-bond acceptors (Lipinski definition) is 9. The van der Waals surface area contributed by atoms with Gasteiger partial charge in [-0.05, 0) is 61.0 Å². The Hall–Kier alpha value is -5.50. The quantitative estimate of drug-likeness (QED) is 0.247. The number of carbonyl (C=O) groups excluding carboxylic acids is 1. The highest BCUT2D eigenvalue weighted by molar-refractivity contribution is 7.90. The van der Waals surface area contributed by atoms with Crippen molar-refractivity contribution in [2.75, 3.05) is 16.9 Å². The average Bonchev–Trinajstić information content (AvgIpc) is 3.64. The molecule has 0 fully saturated rings. The molecule has 4 aromatic heterocycles. The van der Waals surface area contributed by atoms with Crippen LogP contribution >= 0.6 is 0 Å². The van der Waals surface area contributed by atoms with E-state index in [9.17, 15) is 17.6 Å². The second kappa shape index (κ2) is 10.5. The normalized spacial score (nSPS) is 11.5. The maximum Gasteiger partial charge on any atom is 0.276 e. The number of nitrogens with one attached hydrogen (secondary N) is 3. The van der Waals surface area contributed by atoms with Crippen LogP contribution in [0, 0.1) is 12.7 Å². The minimum Gasteiger partial charge on any atom is -0.341 e. The van der Waals surface area contributed by atoms with Gasteiger partial charge in [0.05, 0.1) is 12.0 Å². The summed E-state index contributed by atoms with van der Waals surface area (Å²) >= 11 is 0. The molecule has 210 valence electrons. The molecule has 0 aliphatic carbocycles. The Labute approximate surface area is 238 Å². The van der Waals surface area contributed by atoms with Gasteiger partial charge in [0, 0.05) is 35.5 Å². The van der Waals surface area contributed by atoms with Crippen LogP contribution in [0.5, 0.6) is 0 Å². The van der Waals surface area contributed by atoms with Gasteiger partial charge in [0.25, 0.3) is 5.91 Å². The molecule has 0 aliphatic rings. The van der Waals surface area contributed by atoms with Gasteiger partial charge in [0.15, 0.2) is 26.2 Å². The van der Waals surface area contributed by atoms with Crippen LogP contribution in [-0.2, 0) is 9.84 Å². The lowest BCUT2D eigenvalue weighted by Crippen LogP contribution is -2.13. The number of H-pyrrole nitrogens is 1. The van der Waals surface area contributed by atoms with Crippen LogP contribution in [0.3, 0.4) is 0 Å². The number of aryl methyl sites for hydroxylation is 1. The number of halogens is 1. The monoisotopic (exact) mass is 583 g/mol. The molecule has 12 nitrogen and oxygen atoms in total. The van der Waals surface area contributed by atoms with Gasteiger partial charge in [-0.3, -0.25) is 4.79 Å². The molecule has 6 rings (SSSR count). The summed E-state index contributed by atoms with van der Waals surface area (Å²) in [6.45, 7) is 1.90. The number of pyridine rings is 1. The molecule has 0 bridgehead atoms. The van der Waals surface area contributed by atoms with Gasteiger partial charge in [-0.2, -0.15) is 5.10 Å². The van der Waals surface area contributed by atoms with Crippen LogP contribution in [0.15, 0.2) is 84.5 Å². The summed E-state index contributed by atoms with van der Waals surface area (Å²) in [5.41, 5.74) is 4.65. The van der Waals surface area contributed by atoms with Crippen molar-refractivity contribution < 1.29 is 17.6 Å². The van der Waals surface area contributed by atoms with Gasteiger partial charge in [0.2, 0.25) is 0 Å². The number of aromatic amines is 1. The second-order valence-electron chi connectivity index (χ2n) is 9.36. The van der Waals surface area contributed by atoms with Crippen molar-refractivity contribution in [1.29, 1.82) is 0 Å². The first kappa shape index (κ1) is 26.7. The van der Waals surface area contributed by atoms with Crippen molar-refractivity contribution in [3.05, 3.63) is 96.6 Å². The van der Waals surface area contributed by atoms with E-state index in [1.165, 1.54) is 36.7 Å². The molecule has 1 amide bonds. The summed E-state index contributed by atoms with van der Waals surface area (Å²) < 4.78 is 39.4. The van der Waals surface area contributed by atoms with Gasteiger partial charge < -0.3 is 15.6 Å². The van der Waals surface area contributed by atoms with Crippen molar-refractivity contribution >= 4 is 44.1 Å². The fraction of sp³-hybridized carbons (Fsp3) is 0.0714. The fourth-order valence-electron chi connectivity index (χ4n) is 4.33. The minimum absolute atomic E-state index is 0.130. The topological polar surface area (TPSA) is 160 Å². The Balaban J connectivity index is 1.30. The number of fused-ring (bicyclic) bond motifs is 1. The number of anilines is 3. The highest BCUT2D eigenvalue weighted by Crippen LogP contribution is 2.32. The van der Waals surface area contributed by atoms with Crippen LogP contribution in [0.1, 0.15) is 16.1 Å². The molecule has 0 unspecified atom stereocenters. The summed E-state index contributed by atoms with van der Waals surface area (Å²) in [6, 6.07) is 15.2. The van der Waals surface area contributed by atoms with Gasteiger partial charge in [-0.1, -0.05) is 6.07 Å². The van der Waals surface area contributed by atoms with E-state index in [0.717, 1.165) is 16.5 Å². The number of carbonyl (C=O) groups is 1. The number of benzene rings is 2. The second-order valence-corrected chi connectivity index (χ2v) is 11.3. The van der Waals surface area contributed by atoms with E-state index in [4.69, 9.17) is 0 Å². The Morgan fingerprint density at radius 1 is 1.00 bits per heavy atom. The summed E-state index contributed by atoms with van der Waals surface area (Å²) in [4.78, 5) is 33.5. The molecule has 42 heavy (non-hydrogen) atoms. The largest absolute Gasteiger partial charge is 0.341 e. The Kier molecular flexibility index (Phi) is 6.66. The highest BCUT2D eigenvalue weighted by Gasteiger charge is 2.22. The van der Waals surface area contributed by atoms with Crippen LogP contribution < -0.4 is 10.6 Å². The van der Waals surface area contributed by atoms with E-state index in [0.29, 0.717) is 45.3 Å². The van der Waals surface area contributed by atoms with Gasteiger partial charge in [0.1, 0.15) is 29.2 Å². The molecule has 14 heteroatoms. The molecule has 0 spiro atoms. The Morgan fingerprint density at radius 2 is 1.81 bits per heavy atom. The van der Waals surface area contributed by atoms with Crippen molar-refractivity contribution in [3.63, 3.8) is 0 Å². The van der Waals surface area contributed by atoms with Crippen molar-refractivity contribution in [3.8, 4) is 16.9 Å². The zero-order valence-corrected chi connectivity index (χ0v) is 23.0. The molecular weight excluding hydrogens is 561 g/mol. The zero-order valence-electron chi connectivity index (χ0n) is 22.2. The summed E-state index contributed by atoms with van der Waals surface area (Å²) in [7, 11) is -3.77. The number of hydrogen-bond donors (Lipinski definition) is 3. The molecule has 3 N–H and O–H groups in total. The molecule has 4 heterocycles. The minimum atomic E-state index is -3.77.